The molecule has 1 heterocycles. The highest BCUT2D eigenvalue weighted by Crippen LogP contribution is 1.98. The van der Waals surface area contributed by atoms with Gasteiger partial charge in [0.25, 0.3) is 0 Å². The molecule has 0 aliphatic carbocycles. The van der Waals surface area contributed by atoms with Gasteiger partial charge in [-0.1, -0.05) is 0 Å². The van der Waals surface area contributed by atoms with E-state index >= 15 is 0 Å². The third kappa shape index (κ3) is 1.28. The minimum atomic E-state index is 0.324. The fourth-order valence-corrected chi connectivity index (χ4v) is 0.675. The highest BCUT2D eigenvalue weighted by Gasteiger charge is 1.95. The molecule has 1 aromatic rings. The van der Waals surface area contributed by atoms with Crippen LogP contribution in [0, 0.1) is 6.92 Å². The van der Waals surface area contributed by atoms with Crippen molar-refractivity contribution in [2.45, 2.75) is 6.92 Å². The first kappa shape index (κ1) is 6.67. The van der Waals surface area contributed by atoms with Crippen LogP contribution in [0.1, 0.15) is 16.3 Å². The van der Waals surface area contributed by atoms with E-state index in [-0.39, 0.29) is 0 Å². The van der Waals surface area contributed by atoms with Gasteiger partial charge in [-0.2, -0.15) is 0 Å². The summed E-state index contributed by atoms with van der Waals surface area (Å²) in [7, 11) is 0. The van der Waals surface area contributed by atoms with Crippen LogP contribution < -0.4 is 5.73 Å². The summed E-state index contributed by atoms with van der Waals surface area (Å²) in [5.74, 6) is 0.844. The third-order valence-corrected chi connectivity index (χ3v) is 0.998. The van der Waals surface area contributed by atoms with Crippen LogP contribution >= 0.6 is 0 Å². The van der Waals surface area contributed by atoms with E-state index in [0.717, 1.165) is 0 Å². The predicted molar refractivity (Wildman–Crippen MR) is 36.6 cm³/mol. The minimum Gasteiger partial charge on any atom is -0.384 e. The predicted octanol–water partition coefficient (Wildman–Crippen LogP) is 0.180. The normalized spacial score (nSPS) is 9.30. The summed E-state index contributed by atoms with van der Waals surface area (Å²) in [5.41, 5.74) is 5.65. The first-order chi connectivity index (χ1) is 4.72. The number of anilines is 1. The molecule has 1 aromatic heterocycles. The Labute approximate surface area is 58.1 Å². The van der Waals surface area contributed by atoms with Crippen LogP contribution in [0.4, 0.5) is 5.82 Å². The number of nitrogens with zero attached hydrogens (tertiary/aromatic N) is 2. The number of hydrogen-bond acceptors (Lipinski definition) is 4. The topological polar surface area (TPSA) is 68.9 Å². The molecular formula is C6H7N3O. The smallest absolute Gasteiger partial charge is 0.168 e. The lowest BCUT2D eigenvalue weighted by Gasteiger charge is -1.94. The van der Waals surface area contributed by atoms with Gasteiger partial charge in [0.2, 0.25) is 0 Å². The highest BCUT2D eigenvalue weighted by molar-refractivity contribution is 5.72. The van der Waals surface area contributed by atoms with E-state index in [1.165, 1.54) is 6.07 Å². The van der Waals surface area contributed by atoms with Crippen molar-refractivity contribution in [1.29, 1.82) is 0 Å². The average Bonchev–Trinajstić information content (AvgIpc) is 1.85. The molecule has 0 unspecified atom stereocenters. The zero-order chi connectivity index (χ0) is 7.56. The van der Waals surface area contributed by atoms with E-state index in [0.29, 0.717) is 23.6 Å². The Hall–Kier alpha value is -1.45. The first-order valence-electron chi connectivity index (χ1n) is 2.78. The molecule has 1 rings (SSSR count). The van der Waals surface area contributed by atoms with Gasteiger partial charge in [0.1, 0.15) is 17.3 Å². The molecule has 0 aliphatic rings. The Balaban J connectivity index is 3.18. The maximum Gasteiger partial charge on any atom is 0.168 e. The molecular weight excluding hydrogens is 130 g/mol. The fourth-order valence-electron chi connectivity index (χ4n) is 0.675. The van der Waals surface area contributed by atoms with Crippen molar-refractivity contribution in [3.8, 4) is 0 Å². The molecule has 2 N–H and O–H groups in total. The molecule has 0 fully saturated rings. The van der Waals surface area contributed by atoms with Crippen molar-refractivity contribution in [1.82, 2.24) is 9.97 Å². The highest BCUT2D eigenvalue weighted by atomic mass is 16.1. The zero-order valence-corrected chi connectivity index (χ0v) is 5.53. The van der Waals surface area contributed by atoms with E-state index in [4.69, 9.17) is 5.73 Å². The molecule has 0 amide bonds. The largest absolute Gasteiger partial charge is 0.384 e. The third-order valence-electron chi connectivity index (χ3n) is 0.998. The van der Waals surface area contributed by atoms with E-state index in [1.807, 2.05) is 0 Å². The standard InChI is InChI=1S/C6H7N3O/c1-4-8-5(3-10)2-6(7)9-4/h2-3H,1H3,(H2,7,8,9). The molecule has 10 heavy (non-hydrogen) atoms. The van der Waals surface area contributed by atoms with Crippen LogP contribution in [0.3, 0.4) is 0 Å². The Morgan fingerprint density at radius 1 is 1.60 bits per heavy atom. The average molecular weight is 137 g/mol. The van der Waals surface area contributed by atoms with Gasteiger partial charge in [-0.3, -0.25) is 4.79 Å². The van der Waals surface area contributed by atoms with Crippen molar-refractivity contribution in [3.63, 3.8) is 0 Å². The number of rotatable bonds is 1. The number of aldehydes is 1. The van der Waals surface area contributed by atoms with Gasteiger partial charge in [0.05, 0.1) is 0 Å². The second kappa shape index (κ2) is 2.43. The van der Waals surface area contributed by atoms with Crippen LogP contribution in [-0.2, 0) is 0 Å². The van der Waals surface area contributed by atoms with Crippen molar-refractivity contribution < 1.29 is 4.79 Å². The minimum absolute atomic E-state index is 0.324. The van der Waals surface area contributed by atoms with Crippen molar-refractivity contribution in [2.75, 3.05) is 5.73 Å². The molecule has 4 nitrogen and oxygen atoms in total. The first-order valence-corrected chi connectivity index (χ1v) is 2.78. The molecule has 0 saturated carbocycles. The molecule has 0 saturated heterocycles. The quantitative estimate of drug-likeness (QED) is 0.560. The molecule has 0 bridgehead atoms. The van der Waals surface area contributed by atoms with E-state index in [2.05, 4.69) is 9.97 Å². The SMILES string of the molecule is Cc1nc(N)cc(C=O)n1. The van der Waals surface area contributed by atoms with Crippen LogP contribution in [0.25, 0.3) is 0 Å². The summed E-state index contributed by atoms with van der Waals surface area (Å²) in [6, 6.07) is 1.43. The summed E-state index contributed by atoms with van der Waals surface area (Å²) in [5, 5.41) is 0. The van der Waals surface area contributed by atoms with E-state index < -0.39 is 0 Å². The molecule has 52 valence electrons. The van der Waals surface area contributed by atoms with E-state index in [1.54, 1.807) is 6.92 Å². The van der Waals surface area contributed by atoms with Gasteiger partial charge >= 0.3 is 0 Å². The number of nitrogens with two attached hydrogens (primary N) is 1. The molecule has 0 atom stereocenters. The fraction of sp³-hybridized carbons (Fsp3) is 0.167. The maximum absolute atomic E-state index is 10.2. The second-order valence-electron chi connectivity index (χ2n) is 1.88. The number of aromatic nitrogens is 2. The molecule has 0 aliphatic heterocycles. The molecule has 0 spiro atoms. The Bertz CT molecular complexity index is 239. The van der Waals surface area contributed by atoms with Gasteiger partial charge in [-0.15, -0.1) is 0 Å². The Kier molecular flexibility index (Phi) is 1.62. The van der Waals surface area contributed by atoms with Gasteiger partial charge in [0, 0.05) is 6.07 Å². The van der Waals surface area contributed by atoms with Gasteiger partial charge in [0.15, 0.2) is 6.29 Å². The summed E-state index contributed by atoms with van der Waals surface area (Å²) >= 11 is 0. The lowest BCUT2D eigenvalue weighted by molar-refractivity contribution is 0.111. The van der Waals surface area contributed by atoms with Gasteiger partial charge in [-0.25, -0.2) is 9.97 Å². The summed E-state index contributed by atoms with van der Waals surface area (Å²) in [6.45, 7) is 1.68. The Morgan fingerprint density at radius 2 is 2.30 bits per heavy atom. The number of carbonyl (C=O) groups is 1. The van der Waals surface area contributed by atoms with Crippen LogP contribution in [-0.4, -0.2) is 16.3 Å². The summed E-state index contributed by atoms with van der Waals surface area (Å²) < 4.78 is 0. The second-order valence-corrected chi connectivity index (χ2v) is 1.88. The Morgan fingerprint density at radius 3 is 2.80 bits per heavy atom. The van der Waals surface area contributed by atoms with Gasteiger partial charge < -0.3 is 5.73 Å². The lowest BCUT2D eigenvalue weighted by atomic mass is 10.4. The lowest BCUT2D eigenvalue weighted by Crippen LogP contribution is -1.98. The monoisotopic (exact) mass is 137 g/mol. The van der Waals surface area contributed by atoms with Crippen LogP contribution in [0.15, 0.2) is 6.07 Å². The van der Waals surface area contributed by atoms with Gasteiger partial charge in [-0.05, 0) is 6.92 Å². The zero-order valence-electron chi connectivity index (χ0n) is 5.53. The van der Waals surface area contributed by atoms with Crippen LogP contribution in [0.2, 0.25) is 0 Å². The number of aryl methyl sites for hydroxylation is 1. The molecule has 0 radical (unpaired) electrons. The van der Waals surface area contributed by atoms with Crippen LogP contribution in [0.5, 0.6) is 0 Å². The maximum atomic E-state index is 10.2. The summed E-state index contributed by atoms with van der Waals surface area (Å²) in [4.78, 5) is 17.7. The van der Waals surface area contributed by atoms with Crippen molar-refractivity contribution in [3.05, 3.63) is 17.6 Å². The van der Waals surface area contributed by atoms with Crippen molar-refractivity contribution in [2.24, 2.45) is 0 Å². The number of nitrogen functional groups attached to an aromatic ring is 1. The number of hydrogen-bond donors (Lipinski definition) is 1. The number of carbonyl (C=O) groups excluding carboxylic acids is 1. The van der Waals surface area contributed by atoms with E-state index in [9.17, 15) is 4.79 Å². The van der Waals surface area contributed by atoms with Crippen molar-refractivity contribution >= 4 is 12.1 Å². The summed E-state index contributed by atoms with van der Waals surface area (Å²) in [6.07, 6.45) is 0.644. The molecule has 4 heteroatoms. The molecule has 0 aromatic carbocycles.